The molecule has 0 spiro atoms. The first-order valence-electron chi connectivity index (χ1n) is 1.18. The van der Waals surface area contributed by atoms with Crippen LogP contribution in [0.3, 0.4) is 0 Å². The second-order valence-electron chi connectivity index (χ2n) is 0.555. The summed E-state index contributed by atoms with van der Waals surface area (Å²) in [6.45, 7) is 0. The van der Waals surface area contributed by atoms with E-state index in [9.17, 15) is 4.79 Å². The molecule has 0 heterocycles. The normalized spacial score (nSPS) is 10.4. The molecule has 0 aliphatic carbocycles. The van der Waals surface area contributed by atoms with Crippen LogP contribution >= 0.6 is 0 Å². The summed E-state index contributed by atoms with van der Waals surface area (Å²) in [5, 5.41) is 7.81. The molecule has 0 aromatic carbocycles. The zero-order valence-electron chi connectivity index (χ0n) is 2.86. The topological polar surface area (TPSA) is 37.3 Å². The van der Waals surface area contributed by atoms with Gasteiger partial charge in [0.25, 0.3) is 0 Å². The van der Waals surface area contributed by atoms with Gasteiger partial charge in [0.15, 0.2) is 0 Å². The summed E-state index contributed by atoms with van der Waals surface area (Å²) in [4.78, 5) is 9.46. The Balaban J connectivity index is 2.85. The molecule has 5 heavy (non-hydrogen) atoms. The average Bonchev–Trinajstić information content (AvgIpc) is 1.38. The standard InChI is InChI=1S/CH5AsO2Si/c3-1(4)2-5/h2H,5H3,(H,3,4). The molecule has 1 N–H and O–H groups in total. The van der Waals surface area contributed by atoms with E-state index in [1.54, 1.807) is 0 Å². The summed E-state index contributed by atoms with van der Waals surface area (Å²) < 4.78 is -0.559. The van der Waals surface area contributed by atoms with Gasteiger partial charge in [-0.3, -0.25) is 0 Å². The van der Waals surface area contributed by atoms with Crippen molar-refractivity contribution in [2.45, 2.75) is 0 Å². The van der Waals surface area contributed by atoms with Crippen LogP contribution in [0.15, 0.2) is 0 Å². The molecular weight excluding hydrogens is 147 g/mol. The van der Waals surface area contributed by atoms with Crippen molar-refractivity contribution < 1.29 is 9.90 Å². The van der Waals surface area contributed by atoms with Crippen LogP contribution in [0.5, 0.6) is 0 Å². The van der Waals surface area contributed by atoms with Gasteiger partial charge >= 0.3 is 38.5 Å². The molecule has 4 heteroatoms. The summed E-state index contributed by atoms with van der Waals surface area (Å²) in [7, 11) is 0.899. The summed E-state index contributed by atoms with van der Waals surface area (Å²) >= 11 is -0.500. The fourth-order valence-electron chi connectivity index (χ4n) is 0. The maximum atomic E-state index is 9.46. The van der Waals surface area contributed by atoms with Crippen LogP contribution in [0.25, 0.3) is 0 Å². The Labute approximate surface area is 39.1 Å². The second-order valence-corrected chi connectivity index (χ2v) is 5.10. The molecule has 0 radical (unpaired) electrons. The molecule has 0 aliphatic heterocycles. The van der Waals surface area contributed by atoms with Gasteiger partial charge in [-0.25, -0.2) is 0 Å². The number of carboxylic acid groups (broad SMARTS) is 1. The van der Waals surface area contributed by atoms with E-state index in [2.05, 4.69) is 0 Å². The minimum absolute atomic E-state index is 0.500. The third-order valence-corrected chi connectivity index (χ3v) is 3.33. The van der Waals surface area contributed by atoms with Gasteiger partial charge < -0.3 is 0 Å². The Kier molecular flexibility index (Phi) is 2.60. The maximum absolute atomic E-state index is 9.46. The van der Waals surface area contributed by atoms with E-state index in [0.717, 1.165) is 8.71 Å². The molecule has 0 aromatic heterocycles. The first kappa shape index (κ1) is 5.25. The molecule has 2 nitrogen and oxygen atoms in total. The van der Waals surface area contributed by atoms with E-state index in [1.165, 1.54) is 0 Å². The molecule has 30 valence electrons. The van der Waals surface area contributed by atoms with Crippen LogP contribution in [0.1, 0.15) is 0 Å². The van der Waals surface area contributed by atoms with Crippen molar-refractivity contribution in [3.8, 4) is 0 Å². The van der Waals surface area contributed by atoms with Crippen LogP contribution in [0.2, 0.25) is 0 Å². The third kappa shape index (κ3) is 4.25. The first-order valence-corrected chi connectivity index (χ1v) is 9.52. The minimum atomic E-state index is -0.559. The zero-order valence-corrected chi connectivity index (χ0v) is 6.95. The summed E-state index contributed by atoms with van der Waals surface area (Å²) in [6, 6.07) is 0. The van der Waals surface area contributed by atoms with Gasteiger partial charge in [-0.1, -0.05) is 0 Å². The van der Waals surface area contributed by atoms with Crippen LogP contribution in [0, 0.1) is 0 Å². The van der Waals surface area contributed by atoms with Gasteiger partial charge in [0.2, 0.25) is 0 Å². The van der Waals surface area contributed by atoms with Crippen molar-refractivity contribution in [1.29, 1.82) is 0 Å². The molecule has 0 rings (SSSR count). The fraction of sp³-hybridized carbons (Fsp3) is 0. The summed E-state index contributed by atoms with van der Waals surface area (Å²) in [5.41, 5.74) is 0. The SMILES string of the molecule is O=C(O)[AsH][SiH3]. The Hall–Kier alpha value is 0.245. The number of hydrogen-bond acceptors (Lipinski definition) is 1. The van der Waals surface area contributed by atoms with E-state index in [1.807, 2.05) is 0 Å². The van der Waals surface area contributed by atoms with Crippen LogP contribution in [-0.4, -0.2) is 33.7 Å². The van der Waals surface area contributed by atoms with E-state index in [-0.39, 0.29) is 0 Å². The third-order valence-electron chi connectivity index (χ3n) is 0.214. The molecule has 0 aliphatic rings. The van der Waals surface area contributed by atoms with E-state index >= 15 is 0 Å². The Morgan fingerprint density at radius 1 is 2.00 bits per heavy atom. The van der Waals surface area contributed by atoms with Gasteiger partial charge in [-0.05, 0) is 0 Å². The van der Waals surface area contributed by atoms with E-state index < -0.39 is 19.8 Å². The summed E-state index contributed by atoms with van der Waals surface area (Å²) in [6.07, 6.45) is 0. The van der Waals surface area contributed by atoms with Crippen LogP contribution in [0.4, 0.5) is 4.79 Å². The fourth-order valence-corrected chi connectivity index (χ4v) is 0. The monoisotopic (exact) mass is 152 g/mol. The Morgan fingerprint density at radius 3 is 2.20 bits per heavy atom. The predicted molar refractivity (Wildman–Crippen MR) is 25.1 cm³/mol. The average molecular weight is 152 g/mol. The quantitative estimate of drug-likeness (QED) is 0.458. The Morgan fingerprint density at radius 2 is 2.20 bits per heavy atom. The Bertz CT molecular complexity index is 44.9. The number of rotatable bonds is 1. The second kappa shape index (κ2) is 2.48. The molecule has 0 saturated carbocycles. The van der Waals surface area contributed by atoms with Gasteiger partial charge in [0, 0.05) is 0 Å². The molecule has 1 unspecified atom stereocenters. The molecule has 0 amide bonds. The molecule has 1 atom stereocenters. The molecule has 0 bridgehead atoms. The van der Waals surface area contributed by atoms with Crippen molar-refractivity contribution in [2.24, 2.45) is 0 Å². The number of carbonyl (C=O) groups is 1. The van der Waals surface area contributed by atoms with E-state index in [4.69, 9.17) is 5.11 Å². The van der Waals surface area contributed by atoms with Crippen molar-refractivity contribution in [1.82, 2.24) is 0 Å². The number of hydrogen-bond donors (Lipinski definition) is 1. The van der Waals surface area contributed by atoms with Gasteiger partial charge in [-0.15, -0.1) is 0 Å². The molecule has 0 aromatic rings. The van der Waals surface area contributed by atoms with E-state index in [0.29, 0.717) is 0 Å². The molecule has 0 fully saturated rings. The van der Waals surface area contributed by atoms with Crippen molar-refractivity contribution >= 4 is 28.6 Å². The van der Waals surface area contributed by atoms with Crippen molar-refractivity contribution in [3.05, 3.63) is 0 Å². The van der Waals surface area contributed by atoms with Crippen molar-refractivity contribution in [2.75, 3.05) is 0 Å². The van der Waals surface area contributed by atoms with Gasteiger partial charge in [0.05, 0.1) is 0 Å². The summed E-state index contributed by atoms with van der Waals surface area (Å²) in [5.74, 6) is 0. The van der Waals surface area contributed by atoms with Crippen LogP contribution in [-0.2, 0) is 0 Å². The first-order chi connectivity index (χ1) is 2.27. The molecule has 0 saturated heterocycles. The zero-order chi connectivity index (χ0) is 4.28. The molecular formula is CH5AsO2Si. The predicted octanol–water partition coefficient (Wildman–Crippen LogP) is -1.62. The van der Waals surface area contributed by atoms with Gasteiger partial charge in [-0.2, -0.15) is 0 Å². The van der Waals surface area contributed by atoms with Gasteiger partial charge in [0.1, 0.15) is 0 Å². The van der Waals surface area contributed by atoms with Crippen LogP contribution < -0.4 is 0 Å². The van der Waals surface area contributed by atoms with Crippen molar-refractivity contribution in [3.63, 3.8) is 0 Å².